The van der Waals surface area contributed by atoms with E-state index in [0.29, 0.717) is 30.2 Å². The average molecular weight is 444 g/mol. The Morgan fingerprint density at radius 1 is 1.06 bits per heavy atom. The lowest BCUT2D eigenvalue weighted by atomic mass is 10.2. The molecule has 1 aromatic carbocycles. The van der Waals surface area contributed by atoms with Crippen molar-refractivity contribution in [2.75, 3.05) is 7.05 Å². The lowest BCUT2D eigenvalue weighted by Gasteiger charge is -2.08. The highest BCUT2D eigenvalue weighted by Crippen LogP contribution is 2.24. The Morgan fingerprint density at radius 2 is 1.71 bits per heavy atom. The molecular formula is C20H20N4O6S. The van der Waals surface area contributed by atoms with Gasteiger partial charge in [0.05, 0.1) is 5.69 Å². The molecule has 2 aromatic heterocycles. The Labute approximate surface area is 178 Å². The molecule has 0 fully saturated rings. The molecule has 0 aliphatic heterocycles. The van der Waals surface area contributed by atoms with Gasteiger partial charge < -0.3 is 15.5 Å². The Balaban J connectivity index is 0.000000366. The zero-order valence-corrected chi connectivity index (χ0v) is 17.2. The molecule has 31 heavy (non-hydrogen) atoms. The molecule has 0 aliphatic carbocycles. The van der Waals surface area contributed by atoms with Crippen LogP contribution in [0.15, 0.2) is 78.1 Å². The normalized spacial score (nSPS) is 11.0. The number of pyridine rings is 1. The molecule has 3 rings (SSSR count). The molecule has 2 heterocycles. The number of hydrogen-bond donors (Lipinski definition) is 3. The summed E-state index contributed by atoms with van der Waals surface area (Å²) in [6.07, 6.45) is 5.53. The Bertz CT molecular complexity index is 1140. The number of carboxylic acids is 2. The quantitative estimate of drug-likeness (QED) is 0.462. The molecule has 0 atom stereocenters. The molecule has 11 heteroatoms. The topological polar surface area (TPSA) is 151 Å². The highest BCUT2D eigenvalue weighted by molar-refractivity contribution is 7.90. The fourth-order valence-corrected chi connectivity index (χ4v) is 3.70. The average Bonchev–Trinajstić information content (AvgIpc) is 3.19. The number of carbonyl (C=O) groups is 2. The van der Waals surface area contributed by atoms with Crippen LogP contribution in [0.4, 0.5) is 0 Å². The zero-order valence-electron chi connectivity index (χ0n) is 16.4. The summed E-state index contributed by atoms with van der Waals surface area (Å²) in [5.41, 5.74) is 1.39. The van der Waals surface area contributed by atoms with E-state index in [4.69, 9.17) is 10.2 Å². The van der Waals surface area contributed by atoms with E-state index in [1.165, 1.54) is 22.4 Å². The lowest BCUT2D eigenvalue weighted by molar-refractivity contribution is -0.134. The predicted octanol–water partition coefficient (Wildman–Crippen LogP) is 1.61. The number of imidazole rings is 1. The van der Waals surface area contributed by atoms with Gasteiger partial charge in [0.15, 0.2) is 5.82 Å². The van der Waals surface area contributed by atoms with Crippen LogP contribution in [-0.4, -0.2) is 51.6 Å². The van der Waals surface area contributed by atoms with Crippen molar-refractivity contribution in [3.8, 4) is 11.4 Å². The van der Waals surface area contributed by atoms with Gasteiger partial charge in [-0.25, -0.2) is 27.0 Å². The Kier molecular flexibility index (Phi) is 8.17. The minimum Gasteiger partial charge on any atom is -0.478 e. The van der Waals surface area contributed by atoms with Crippen LogP contribution in [0, 0.1) is 0 Å². The van der Waals surface area contributed by atoms with Crippen LogP contribution >= 0.6 is 0 Å². The largest absolute Gasteiger partial charge is 0.478 e. The zero-order chi connectivity index (χ0) is 22.9. The van der Waals surface area contributed by atoms with E-state index < -0.39 is 22.0 Å². The third-order valence-electron chi connectivity index (χ3n) is 3.67. The molecule has 0 saturated carbocycles. The van der Waals surface area contributed by atoms with Gasteiger partial charge in [-0.2, -0.15) is 0 Å². The van der Waals surface area contributed by atoms with Gasteiger partial charge >= 0.3 is 11.9 Å². The van der Waals surface area contributed by atoms with Gasteiger partial charge in [0.25, 0.3) is 10.0 Å². The van der Waals surface area contributed by atoms with Crippen LogP contribution in [0.25, 0.3) is 11.4 Å². The molecule has 0 bridgehead atoms. The second kappa shape index (κ2) is 10.8. The van der Waals surface area contributed by atoms with Crippen LogP contribution < -0.4 is 5.32 Å². The second-order valence-corrected chi connectivity index (χ2v) is 7.77. The summed E-state index contributed by atoms with van der Waals surface area (Å²) in [6, 6.07) is 12.4. The van der Waals surface area contributed by atoms with E-state index in [-0.39, 0.29) is 4.90 Å². The number of aliphatic carboxylic acids is 2. The van der Waals surface area contributed by atoms with Crippen LogP contribution in [-0.2, 0) is 26.2 Å². The van der Waals surface area contributed by atoms with Crippen molar-refractivity contribution in [2.45, 2.75) is 11.4 Å². The highest BCUT2D eigenvalue weighted by Gasteiger charge is 2.23. The van der Waals surface area contributed by atoms with Gasteiger partial charge in [-0.1, -0.05) is 30.3 Å². The second-order valence-electron chi connectivity index (χ2n) is 5.95. The maximum atomic E-state index is 12.9. The van der Waals surface area contributed by atoms with E-state index in [0.717, 1.165) is 5.56 Å². The molecule has 10 nitrogen and oxygen atoms in total. The van der Waals surface area contributed by atoms with Gasteiger partial charge in [0, 0.05) is 42.9 Å². The lowest BCUT2D eigenvalue weighted by Crippen LogP contribution is -2.13. The molecule has 0 spiro atoms. The first-order chi connectivity index (χ1) is 14.8. The monoisotopic (exact) mass is 444 g/mol. The van der Waals surface area contributed by atoms with E-state index in [1.54, 1.807) is 19.3 Å². The van der Waals surface area contributed by atoms with Crippen molar-refractivity contribution < 1.29 is 28.2 Å². The summed E-state index contributed by atoms with van der Waals surface area (Å²) >= 11 is 0. The van der Waals surface area contributed by atoms with E-state index in [1.807, 2.05) is 30.3 Å². The first kappa shape index (κ1) is 23.4. The Hall–Kier alpha value is -3.83. The van der Waals surface area contributed by atoms with Crippen LogP contribution in [0.1, 0.15) is 5.69 Å². The number of nitrogens with zero attached hydrogens (tertiary/aromatic N) is 3. The molecule has 3 N–H and O–H groups in total. The fourth-order valence-electron chi connectivity index (χ4n) is 2.40. The van der Waals surface area contributed by atoms with E-state index in [2.05, 4.69) is 15.3 Å². The first-order valence-corrected chi connectivity index (χ1v) is 10.3. The summed E-state index contributed by atoms with van der Waals surface area (Å²) in [5.74, 6) is -2.13. The number of hydrogen-bond acceptors (Lipinski definition) is 7. The van der Waals surface area contributed by atoms with Crippen LogP contribution in [0.3, 0.4) is 0 Å². The van der Waals surface area contributed by atoms with Crippen molar-refractivity contribution in [1.82, 2.24) is 19.3 Å². The first-order valence-electron chi connectivity index (χ1n) is 8.83. The van der Waals surface area contributed by atoms with Crippen LogP contribution in [0.2, 0.25) is 0 Å². The standard InChI is InChI=1S/C16H16N4O2S.C4H4O4/c1-17-10-14-12-20(16(19-14)13-6-3-2-4-7-13)23(21,22)15-8-5-9-18-11-15;5-3(6)1-2-4(7)8/h2-9,11-12,17H,10H2,1H3;1-2H,(H,5,6)(H,7,8). The third-order valence-corrected chi connectivity index (χ3v) is 5.31. The maximum absolute atomic E-state index is 12.9. The molecule has 0 radical (unpaired) electrons. The Morgan fingerprint density at radius 3 is 2.23 bits per heavy atom. The van der Waals surface area contributed by atoms with Gasteiger partial charge in [0.2, 0.25) is 0 Å². The summed E-state index contributed by atoms with van der Waals surface area (Å²) in [7, 11) is -1.96. The van der Waals surface area contributed by atoms with Crippen molar-refractivity contribution in [3.63, 3.8) is 0 Å². The van der Waals surface area contributed by atoms with Gasteiger partial charge in [0.1, 0.15) is 4.90 Å². The molecule has 0 unspecified atom stereocenters. The highest BCUT2D eigenvalue weighted by atomic mass is 32.2. The minimum atomic E-state index is -3.75. The SMILES string of the molecule is CNCc1cn(S(=O)(=O)c2cccnc2)c(-c2ccccc2)n1.O=C(O)C=CC(=O)O. The summed E-state index contributed by atoms with van der Waals surface area (Å²) in [4.78, 5) is 27.6. The smallest absolute Gasteiger partial charge is 0.328 e. The molecule has 0 saturated heterocycles. The van der Waals surface area contributed by atoms with Crippen LogP contribution in [0.5, 0.6) is 0 Å². The van der Waals surface area contributed by atoms with Crippen molar-refractivity contribution in [2.24, 2.45) is 0 Å². The molecular weight excluding hydrogens is 424 g/mol. The number of aromatic nitrogens is 3. The molecule has 162 valence electrons. The number of rotatable bonds is 7. The van der Waals surface area contributed by atoms with Gasteiger partial charge in [-0.05, 0) is 19.2 Å². The molecule has 0 amide bonds. The van der Waals surface area contributed by atoms with Gasteiger partial charge in [-0.3, -0.25) is 4.98 Å². The fraction of sp³-hybridized carbons (Fsp3) is 0.100. The maximum Gasteiger partial charge on any atom is 0.328 e. The predicted molar refractivity (Wildman–Crippen MR) is 112 cm³/mol. The summed E-state index contributed by atoms with van der Waals surface area (Å²) < 4.78 is 27.0. The van der Waals surface area contributed by atoms with E-state index in [9.17, 15) is 18.0 Å². The number of benzene rings is 1. The molecule has 3 aromatic rings. The number of nitrogens with one attached hydrogen (secondary N) is 1. The summed E-state index contributed by atoms with van der Waals surface area (Å²) in [5, 5.41) is 18.6. The molecule has 0 aliphatic rings. The van der Waals surface area contributed by atoms with Crippen molar-refractivity contribution in [3.05, 3.63) is 78.9 Å². The van der Waals surface area contributed by atoms with Gasteiger partial charge in [-0.15, -0.1) is 0 Å². The minimum absolute atomic E-state index is 0.130. The van der Waals surface area contributed by atoms with E-state index >= 15 is 0 Å². The van der Waals surface area contributed by atoms with Crippen molar-refractivity contribution >= 4 is 22.0 Å². The van der Waals surface area contributed by atoms with Crippen molar-refractivity contribution in [1.29, 1.82) is 0 Å². The number of carboxylic acid groups (broad SMARTS) is 2. The summed E-state index contributed by atoms with van der Waals surface area (Å²) in [6.45, 7) is 0.482. The third kappa shape index (κ3) is 6.59.